The number of amides is 1. The van der Waals surface area contributed by atoms with Crippen LogP contribution in [-0.2, 0) is 0 Å². The van der Waals surface area contributed by atoms with E-state index in [2.05, 4.69) is 35.5 Å². The first-order valence-corrected chi connectivity index (χ1v) is 7.91. The second-order valence-corrected chi connectivity index (χ2v) is 6.45. The normalized spacial score (nSPS) is 12.0. The number of nitrogens with zero attached hydrogens (tertiary/aromatic N) is 1. The third-order valence-electron chi connectivity index (χ3n) is 3.29. The van der Waals surface area contributed by atoms with E-state index in [0.29, 0.717) is 11.4 Å². The summed E-state index contributed by atoms with van der Waals surface area (Å²) in [6, 6.07) is 5.69. The maximum absolute atomic E-state index is 12.5. The molecular formula is C16H21N3OS. The van der Waals surface area contributed by atoms with Crippen LogP contribution in [0.4, 0.5) is 5.82 Å². The van der Waals surface area contributed by atoms with Crippen molar-refractivity contribution in [3.05, 3.63) is 45.3 Å². The molecular weight excluding hydrogens is 282 g/mol. The van der Waals surface area contributed by atoms with Crippen LogP contribution in [0, 0.1) is 13.8 Å². The summed E-state index contributed by atoms with van der Waals surface area (Å²) < 4.78 is 0. The summed E-state index contributed by atoms with van der Waals surface area (Å²) >= 11 is 1.76. The van der Waals surface area contributed by atoms with Crippen LogP contribution in [0.1, 0.15) is 45.6 Å². The van der Waals surface area contributed by atoms with E-state index in [0.717, 1.165) is 6.54 Å². The minimum atomic E-state index is -0.102. The maximum Gasteiger partial charge on any atom is 0.255 e. The number of hydrogen-bond acceptors (Lipinski definition) is 4. The molecule has 21 heavy (non-hydrogen) atoms. The molecule has 0 aliphatic rings. The molecule has 5 heteroatoms. The summed E-state index contributed by atoms with van der Waals surface area (Å²) in [5, 5.41) is 6.17. The highest BCUT2D eigenvalue weighted by atomic mass is 32.1. The Hall–Kier alpha value is -1.88. The van der Waals surface area contributed by atoms with Gasteiger partial charge in [-0.05, 0) is 51.5 Å². The van der Waals surface area contributed by atoms with Crippen molar-refractivity contribution in [2.45, 2.75) is 33.7 Å². The summed E-state index contributed by atoms with van der Waals surface area (Å²) in [6.45, 7) is 8.89. The van der Waals surface area contributed by atoms with Crippen molar-refractivity contribution in [1.82, 2.24) is 10.3 Å². The van der Waals surface area contributed by atoms with E-state index in [9.17, 15) is 4.79 Å². The summed E-state index contributed by atoms with van der Waals surface area (Å²) in [4.78, 5) is 19.2. The van der Waals surface area contributed by atoms with Gasteiger partial charge >= 0.3 is 0 Å². The van der Waals surface area contributed by atoms with Gasteiger partial charge in [-0.15, -0.1) is 11.3 Å². The van der Waals surface area contributed by atoms with Crippen LogP contribution in [0.5, 0.6) is 0 Å². The minimum Gasteiger partial charge on any atom is -0.370 e. The molecule has 0 fully saturated rings. The molecule has 2 aromatic rings. The second-order valence-electron chi connectivity index (χ2n) is 4.99. The third kappa shape index (κ3) is 3.61. The first kappa shape index (κ1) is 15.5. The van der Waals surface area contributed by atoms with E-state index >= 15 is 0 Å². The zero-order valence-corrected chi connectivity index (χ0v) is 13.7. The van der Waals surface area contributed by atoms with Crippen LogP contribution in [0.25, 0.3) is 0 Å². The topological polar surface area (TPSA) is 54.0 Å². The zero-order chi connectivity index (χ0) is 15.4. The number of carbonyl (C=O) groups is 1. The van der Waals surface area contributed by atoms with E-state index in [1.54, 1.807) is 29.7 Å². The van der Waals surface area contributed by atoms with Crippen LogP contribution >= 0.6 is 11.3 Å². The standard InChI is InChI=1S/C16H21N3OS/c1-5-17-15-13(7-6-8-18-15)16(20)19-11(3)14-9-10(2)21-12(14)4/h6-9,11H,5H2,1-4H3,(H,17,18)(H,19,20). The van der Waals surface area contributed by atoms with Crippen molar-refractivity contribution in [2.75, 3.05) is 11.9 Å². The van der Waals surface area contributed by atoms with Crippen molar-refractivity contribution in [3.8, 4) is 0 Å². The number of aromatic nitrogens is 1. The first-order valence-electron chi connectivity index (χ1n) is 7.09. The number of pyridine rings is 1. The largest absolute Gasteiger partial charge is 0.370 e. The van der Waals surface area contributed by atoms with Gasteiger partial charge in [0, 0.05) is 22.5 Å². The van der Waals surface area contributed by atoms with Crippen LogP contribution < -0.4 is 10.6 Å². The number of carbonyl (C=O) groups excluding carboxylic acids is 1. The smallest absolute Gasteiger partial charge is 0.255 e. The van der Waals surface area contributed by atoms with Crippen LogP contribution in [-0.4, -0.2) is 17.4 Å². The Morgan fingerprint density at radius 1 is 1.43 bits per heavy atom. The fraction of sp³-hybridized carbons (Fsp3) is 0.375. The third-order valence-corrected chi connectivity index (χ3v) is 4.27. The molecule has 0 aliphatic heterocycles. The molecule has 0 saturated carbocycles. The fourth-order valence-corrected chi connectivity index (χ4v) is 3.35. The van der Waals surface area contributed by atoms with E-state index in [-0.39, 0.29) is 11.9 Å². The van der Waals surface area contributed by atoms with Crippen LogP contribution in [0.3, 0.4) is 0 Å². The minimum absolute atomic E-state index is 0.0165. The van der Waals surface area contributed by atoms with Gasteiger partial charge in [-0.1, -0.05) is 0 Å². The highest BCUT2D eigenvalue weighted by molar-refractivity contribution is 7.12. The van der Waals surface area contributed by atoms with Gasteiger partial charge in [0.2, 0.25) is 0 Å². The average Bonchev–Trinajstić information content (AvgIpc) is 2.78. The number of thiophene rings is 1. The van der Waals surface area contributed by atoms with Gasteiger partial charge < -0.3 is 10.6 Å². The van der Waals surface area contributed by atoms with Crippen molar-refractivity contribution >= 4 is 23.1 Å². The van der Waals surface area contributed by atoms with Crippen molar-refractivity contribution < 1.29 is 4.79 Å². The van der Waals surface area contributed by atoms with E-state index in [1.807, 2.05) is 13.8 Å². The van der Waals surface area contributed by atoms with Gasteiger partial charge in [0.25, 0.3) is 5.91 Å². The summed E-state index contributed by atoms with van der Waals surface area (Å²) in [5.41, 5.74) is 1.76. The quantitative estimate of drug-likeness (QED) is 0.886. The number of anilines is 1. The lowest BCUT2D eigenvalue weighted by atomic mass is 10.1. The molecule has 0 spiro atoms. The first-order chi connectivity index (χ1) is 10.0. The number of rotatable bonds is 5. The predicted octanol–water partition coefficient (Wildman–Crippen LogP) is 3.68. The molecule has 0 aliphatic carbocycles. The van der Waals surface area contributed by atoms with Gasteiger partial charge in [-0.2, -0.15) is 0 Å². The van der Waals surface area contributed by atoms with Crippen LogP contribution in [0.2, 0.25) is 0 Å². The summed E-state index contributed by atoms with van der Waals surface area (Å²) in [6.07, 6.45) is 1.69. The van der Waals surface area contributed by atoms with Crippen molar-refractivity contribution in [3.63, 3.8) is 0 Å². The summed E-state index contributed by atoms with van der Waals surface area (Å²) in [5.74, 6) is 0.526. The lowest BCUT2D eigenvalue weighted by Gasteiger charge is -2.15. The molecule has 4 nitrogen and oxygen atoms in total. The molecule has 112 valence electrons. The zero-order valence-electron chi connectivity index (χ0n) is 12.9. The lowest BCUT2D eigenvalue weighted by molar-refractivity contribution is 0.0940. The Morgan fingerprint density at radius 2 is 2.19 bits per heavy atom. The molecule has 2 N–H and O–H groups in total. The Labute approximate surface area is 129 Å². The molecule has 0 aromatic carbocycles. The average molecular weight is 303 g/mol. The highest BCUT2D eigenvalue weighted by Crippen LogP contribution is 2.26. The molecule has 1 amide bonds. The highest BCUT2D eigenvalue weighted by Gasteiger charge is 2.17. The van der Waals surface area contributed by atoms with Gasteiger partial charge in [0.05, 0.1) is 11.6 Å². The van der Waals surface area contributed by atoms with Gasteiger partial charge in [-0.25, -0.2) is 4.98 Å². The van der Waals surface area contributed by atoms with Gasteiger partial charge in [0.1, 0.15) is 5.82 Å². The second kappa shape index (κ2) is 6.72. The predicted molar refractivity (Wildman–Crippen MR) is 88.1 cm³/mol. The molecule has 2 heterocycles. The van der Waals surface area contributed by atoms with E-state index in [1.165, 1.54) is 15.3 Å². The Balaban J connectivity index is 2.16. The number of hydrogen-bond donors (Lipinski definition) is 2. The molecule has 2 rings (SSSR count). The Bertz CT molecular complexity index is 636. The molecule has 1 unspecified atom stereocenters. The molecule has 2 aromatic heterocycles. The molecule has 0 saturated heterocycles. The SMILES string of the molecule is CCNc1ncccc1C(=O)NC(C)c1cc(C)sc1C. The molecule has 0 radical (unpaired) electrons. The number of nitrogens with one attached hydrogen (secondary N) is 2. The fourth-order valence-electron chi connectivity index (χ4n) is 2.33. The Morgan fingerprint density at radius 3 is 2.81 bits per heavy atom. The number of aryl methyl sites for hydroxylation is 2. The van der Waals surface area contributed by atoms with E-state index in [4.69, 9.17) is 0 Å². The molecule has 1 atom stereocenters. The molecule has 0 bridgehead atoms. The van der Waals surface area contributed by atoms with Crippen molar-refractivity contribution in [2.24, 2.45) is 0 Å². The van der Waals surface area contributed by atoms with Crippen LogP contribution in [0.15, 0.2) is 24.4 Å². The Kier molecular flexibility index (Phi) is 4.96. The monoisotopic (exact) mass is 303 g/mol. The van der Waals surface area contributed by atoms with Gasteiger partial charge in [0.15, 0.2) is 0 Å². The van der Waals surface area contributed by atoms with E-state index < -0.39 is 0 Å². The van der Waals surface area contributed by atoms with Crippen molar-refractivity contribution in [1.29, 1.82) is 0 Å². The summed E-state index contributed by atoms with van der Waals surface area (Å²) in [7, 11) is 0. The maximum atomic E-state index is 12.5. The van der Waals surface area contributed by atoms with Gasteiger partial charge in [-0.3, -0.25) is 4.79 Å². The lowest BCUT2D eigenvalue weighted by Crippen LogP contribution is -2.27.